The van der Waals surface area contributed by atoms with Crippen LogP contribution in [0.15, 0.2) is 18.3 Å². The summed E-state index contributed by atoms with van der Waals surface area (Å²) in [7, 11) is 1.79. The van der Waals surface area contributed by atoms with Crippen LogP contribution in [0.3, 0.4) is 0 Å². The summed E-state index contributed by atoms with van der Waals surface area (Å²) in [5.41, 5.74) is 0.674. The Morgan fingerprint density at radius 1 is 1.57 bits per heavy atom. The number of carbonyl (C=O) groups is 1. The first-order chi connectivity index (χ1) is 6.61. The molecule has 0 N–H and O–H groups in total. The lowest BCUT2D eigenvalue weighted by molar-refractivity contribution is -0.122. The Hall–Kier alpha value is -1.38. The highest BCUT2D eigenvalue weighted by atomic mass is 16.2. The van der Waals surface area contributed by atoms with Gasteiger partial charge in [0.05, 0.1) is 5.41 Å². The SMILES string of the molecule is CC[C@@]1(C)C(=O)N(C)c2ncccc21. The van der Waals surface area contributed by atoms with Crippen LogP contribution in [0, 0.1) is 0 Å². The smallest absolute Gasteiger partial charge is 0.238 e. The number of pyridine rings is 1. The standard InChI is InChI=1S/C11H14N2O/c1-4-11(2)8-6-5-7-12-9(8)13(3)10(11)14/h5-7H,4H2,1-3H3/t11-/m1/s1. The van der Waals surface area contributed by atoms with Gasteiger partial charge in [-0.3, -0.25) is 9.69 Å². The van der Waals surface area contributed by atoms with Crippen LogP contribution in [0.5, 0.6) is 0 Å². The third kappa shape index (κ3) is 0.924. The summed E-state index contributed by atoms with van der Waals surface area (Å²) in [6.07, 6.45) is 2.54. The molecule has 1 aromatic rings. The quantitative estimate of drug-likeness (QED) is 0.675. The molecule has 0 fully saturated rings. The van der Waals surface area contributed by atoms with Crippen LogP contribution in [-0.4, -0.2) is 17.9 Å². The molecule has 1 amide bonds. The Labute approximate surface area is 83.8 Å². The summed E-state index contributed by atoms with van der Waals surface area (Å²) in [6.45, 7) is 4.02. The van der Waals surface area contributed by atoms with Crippen molar-refractivity contribution in [2.45, 2.75) is 25.7 Å². The second kappa shape index (κ2) is 2.80. The Morgan fingerprint density at radius 2 is 2.29 bits per heavy atom. The monoisotopic (exact) mass is 190 g/mol. The molecule has 2 rings (SSSR count). The number of fused-ring (bicyclic) bond motifs is 1. The van der Waals surface area contributed by atoms with Gasteiger partial charge >= 0.3 is 0 Å². The predicted octanol–water partition coefficient (Wildman–Crippen LogP) is 1.73. The van der Waals surface area contributed by atoms with Crippen molar-refractivity contribution in [3.63, 3.8) is 0 Å². The molecule has 14 heavy (non-hydrogen) atoms. The molecule has 1 atom stereocenters. The van der Waals surface area contributed by atoms with Gasteiger partial charge in [-0.05, 0) is 19.4 Å². The third-order valence-corrected chi connectivity index (χ3v) is 3.18. The number of rotatable bonds is 1. The van der Waals surface area contributed by atoms with Gasteiger partial charge in [-0.2, -0.15) is 0 Å². The van der Waals surface area contributed by atoms with Crippen molar-refractivity contribution >= 4 is 11.7 Å². The molecule has 1 aliphatic heterocycles. The van der Waals surface area contributed by atoms with Crippen LogP contribution < -0.4 is 4.90 Å². The van der Waals surface area contributed by atoms with E-state index in [1.807, 2.05) is 26.0 Å². The molecule has 2 heterocycles. The molecule has 0 spiro atoms. The highest BCUT2D eigenvalue weighted by Crippen LogP contribution is 2.41. The molecule has 0 saturated heterocycles. The highest BCUT2D eigenvalue weighted by Gasteiger charge is 2.45. The zero-order chi connectivity index (χ0) is 10.3. The van der Waals surface area contributed by atoms with Gasteiger partial charge in [0.1, 0.15) is 5.82 Å². The summed E-state index contributed by atoms with van der Waals surface area (Å²) in [6, 6.07) is 3.88. The minimum Gasteiger partial charge on any atom is -0.299 e. The van der Waals surface area contributed by atoms with Crippen LogP contribution in [0.4, 0.5) is 5.82 Å². The maximum absolute atomic E-state index is 12.0. The molecule has 1 aromatic heterocycles. The van der Waals surface area contributed by atoms with Gasteiger partial charge in [0.25, 0.3) is 0 Å². The van der Waals surface area contributed by atoms with E-state index >= 15 is 0 Å². The van der Waals surface area contributed by atoms with Crippen molar-refractivity contribution in [3.05, 3.63) is 23.9 Å². The van der Waals surface area contributed by atoms with Crippen molar-refractivity contribution in [2.24, 2.45) is 0 Å². The van der Waals surface area contributed by atoms with Gasteiger partial charge in [0.2, 0.25) is 5.91 Å². The van der Waals surface area contributed by atoms with E-state index in [0.717, 1.165) is 17.8 Å². The number of hydrogen-bond donors (Lipinski definition) is 0. The van der Waals surface area contributed by atoms with Gasteiger partial charge in [-0.15, -0.1) is 0 Å². The van der Waals surface area contributed by atoms with Gasteiger partial charge in [-0.1, -0.05) is 13.0 Å². The number of likely N-dealkylation sites (N-methyl/N-ethyl adjacent to an activating group) is 1. The maximum Gasteiger partial charge on any atom is 0.238 e. The van der Waals surface area contributed by atoms with E-state index in [4.69, 9.17) is 0 Å². The topological polar surface area (TPSA) is 33.2 Å². The summed E-state index contributed by atoms with van der Waals surface area (Å²) < 4.78 is 0. The van der Waals surface area contributed by atoms with Gasteiger partial charge in [0, 0.05) is 18.8 Å². The minimum atomic E-state index is -0.377. The lowest BCUT2D eigenvalue weighted by atomic mass is 9.82. The number of carbonyl (C=O) groups excluding carboxylic acids is 1. The molecule has 1 aliphatic rings. The van der Waals surface area contributed by atoms with Crippen LogP contribution >= 0.6 is 0 Å². The molecule has 0 aliphatic carbocycles. The number of amides is 1. The average molecular weight is 190 g/mol. The Kier molecular flexibility index (Phi) is 1.84. The maximum atomic E-state index is 12.0. The van der Waals surface area contributed by atoms with E-state index < -0.39 is 0 Å². The zero-order valence-electron chi connectivity index (χ0n) is 8.74. The first-order valence-electron chi connectivity index (χ1n) is 4.85. The number of anilines is 1. The molecule has 0 aromatic carbocycles. The van der Waals surface area contributed by atoms with Gasteiger partial charge in [-0.25, -0.2) is 4.98 Å². The molecule has 0 saturated carbocycles. The van der Waals surface area contributed by atoms with Crippen molar-refractivity contribution in [3.8, 4) is 0 Å². The number of hydrogen-bond acceptors (Lipinski definition) is 2. The van der Waals surface area contributed by atoms with Crippen LogP contribution in [0.2, 0.25) is 0 Å². The normalized spacial score (nSPS) is 25.4. The van der Waals surface area contributed by atoms with E-state index in [1.54, 1.807) is 18.1 Å². The second-order valence-electron chi connectivity index (χ2n) is 3.92. The molecule has 0 unspecified atom stereocenters. The second-order valence-corrected chi connectivity index (χ2v) is 3.92. The van der Waals surface area contributed by atoms with Crippen molar-refractivity contribution in [2.75, 3.05) is 11.9 Å². The minimum absolute atomic E-state index is 0.147. The molecule has 3 nitrogen and oxygen atoms in total. The summed E-state index contributed by atoms with van der Waals surface area (Å²) in [5.74, 6) is 0.954. The largest absolute Gasteiger partial charge is 0.299 e. The fraction of sp³-hybridized carbons (Fsp3) is 0.455. The molecular formula is C11H14N2O. The first kappa shape index (κ1) is 9.19. The van der Waals surface area contributed by atoms with Crippen LogP contribution in [0.1, 0.15) is 25.8 Å². The van der Waals surface area contributed by atoms with Gasteiger partial charge in [0.15, 0.2) is 0 Å². The number of aromatic nitrogens is 1. The van der Waals surface area contributed by atoms with E-state index in [-0.39, 0.29) is 11.3 Å². The first-order valence-corrected chi connectivity index (χ1v) is 4.85. The molecule has 74 valence electrons. The summed E-state index contributed by atoms with van der Waals surface area (Å²) in [4.78, 5) is 17.9. The molecule has 0 bridgehead atoms. The molecule has 3 heteroatoms. The van der Waals surface area contributed by atoms with Crippen LogP contribution in [0.25, 0.3) is 0 Å². The van der Waals surface area contributed by atoms with E-state index in [9.17, 15) is 4.79 Å². The fourth-order valence-electron chi connectivity index (χ4n) is 2.02. The van der Waals surface area contributed by atoms with E-state index in [1.165, 1.54) is 0 Å². The Balaban J connectivity index is 2.65. The highest BCUT2D eigenvalue weighted by molar-refractivity contribution is 6.06. The zero-order valence-corrected chi connectivity index (χ0v) is 8.74. The summed E-state index contributed by atoms with van der Waals surface area (Å²) in [5, 5.41) is 0. The van der Waals surface area contributed by atoms with Crippen molar-refractivity contribution in [1.82, 2.24) is 4.98 Å². The summed E-state index contributed by atoms with van der Waals surface area (Å²) >= 11 is 0. The van der Waals surface area contributed by atoms with Crippen molar-refractivity contribution < 1.29 is 4.79 Å². The molecular weight excluding hydrogens is 176 g/mol. The van der Waals surface area contributed by atoms with Crippen LogP contribution in [-0.2, 0) is 10.2 Å². The Morgan fingerprint density at radius 3 is 2.93 bits per heavy atom. The molecule has 0 radical (unpaired) electrons. The lowest BCUT2D eigenvalue weighted by Crippen LogP contribution is -2.35. The third-order valence-electron chi connectivity index (χ3n) is 3.18. The number of nitrogens with zero attached hydrogens (tertiary/aromatic N) is 2. The van der Waals surface area contributed by atoms with Crippen molar-refractivity contribution in [1.29, 1.82) is 0 Å². The van der Waals surface area contributed by atoms with E-state index in [0.29, 0.717) is 0 Å². The Bertz CT molecular complexity index is 389. The average Bonchev–Trinajstić information content (AvgIpc) is 2.43. The lowest BCUT2D eigenvalue weighted by Gasteiger charge is -2.20. The van der Waals surface area contributed by atoms with E-state index in [2.05, 4.69) is 4.98 Å². The predicted molar refractivity (Wildman–Crippen MR) is 55.3 cm³/mol. The van der Waals surface area contributed by atoms with Gasteiger partial charge < -0.3 is 0 Å². The fourth-order valence-corrected chi connectivity index (χ4v) is 2.02.